The maximum atomic E-state index is 6.61. The molecule has 0 unspecified atom stereocenters. The zero-order valence-corrected chi connectivity index (χ0v) is 26.5. The van der Waals surface area contributed by atoms with Crippen molar-refractivity contribution < 1.29 is 4.74 Å². The summed E-state index contributed by atoms with van der Waals surface area (Å²) in [4.78, 5) is 24.1. The Morgan fingerprint density at radius 3 is 2.65 bits per heavy atom. The monoisotopic (exact) mass is 634 g/mol. The second-order valence-corrected chi connectivity index (χ2v) is 13.6. The number of hydrazine groups is 1. The normalized spacial score (nSPS) is 17.2. The first-order chi connectivity index (χ1) is 21.1. The minimum Gasteiger partial charge on any atom is -0.492 e. The maximum Gasteiger partial charge on any atom is 0.202 e. The molecule has 0 spiro atoms. The molecule has 224 valence electrons. The van der Waals surface area contributed by atoms with Gasteiger partial charge in [-0.25, -0.2) is 25.8 Å². The summed E-state index contributed by atoms with van der Waals surface area (Å²) in [6.45, 7) is 7.39. The molecular weight excluding hydrogens is 600 g/mol. The van der Waals surface area contributed by atoms with E-state index in [2.05, 4.69) is 33.4 Å². The lowest BCUT2D eigenvalue weighted by atomic mass is 9.88. The molecule has 7 rings (SSSR count). The van der Waals surface area contributed by atoms with Gasteiger partial charge in [-0.05, 0) is 106 Å². The second kappa shape index (κ2) is 12.6. The minimum absolute atomic E-state index is 0.283. The lowest BCUT2D eigenvalue weighted by Gasteiger charge is -2.32. The summed E-state index contributed by atoms with van der Waals surface area (Å²) in [7, 11) is 0. The summed E-state index contributed by atoms with van der Waals surface area (Å²) in [6.07, 6.45) is 5.91. The van der Waals surface area contributed by atoms with Crippen LogP contribution in [-0.4, -0.2) is 63.7 Å². The van der Waals surface area contributed by atoms with Crippen LogP contribution in [0.1, 0.15) is 49.7 Å². The van der Waals surface area contributed by atoms with Crippen LogP contribution in [-0.2, 0) is 6.54 Å². The van der Waals surface area contributed by atoms with Crippen molar-refractivity contribution in [3.8, 4) is 16.5 Å². The van der Waals surface area contributed by atoms with Crippen molar-refractivity contribution in [2.45, 2.75) is 51.1 Å². The highest BCUT2D eigenvalue weighted by molar-refractivity contribution is 7.22. The van der Waals surface area contributed by atoms with Crippen LogP contribution in [0.5, 0.6) is 5.75 Å². The van der Waals surface area contributed by atoms with E-state index < -0.39 is 0 Å². The molecule has 0 bridgehead atoms. The van der Waals surface area contributed by atoms with Gasteiger partial charge in [-0.15, -0.1) is 0 Å². The summed E-state index contributed by atoms with van der Waals surface area (Å²) in [5.41, 5.74) is 5.21. The Morgan fingerprint density at radius 1 is 1.02 bits per heavy atom. The van der Waals surface area contributed by atoms with Crippen molar-refractivity contribution in [3.05, 3.63) is 58.7 Å². The summed E-state index contributed by atoms with van der Waals surface area (Å²) >= 11 is 9.50. The number of benzene rings is 1. The molecule has 0 saturated carbocycles. The van der Waals surface area contributed by atoms with Gasteiger partial charge in [-0.2, -0.15) is 0 Å². The van der Waals surface area contributed by atoms with Crippen LogP contribution in [0.2, 0.25) is 5.02 Å². The van der Waals surface area contributed by atoms with Crippen molar-refractivity contribution in [1.29, 1.82) is 0 Å². The molecule has 6 heterocycles. The van der Waals surface area contributed by atoms with Crippen LogP contribution in [0.3, 0.4) is 0 Å². The zero-order valence-electron chi connectivity index (χ0n) is 24.1. The van der Waals surface area contributed by atoms with Gasteiger partial charge in [-0.1, -0.05) is 40.3 Å². The molecular formula is C31H35ClN8OS2. The third-order valence-electron chi connectivity index (χ3n) is 8.42. The molecule has 43 heavy (non-hydrogen) atoms. The molecule has 2 fully saturated rings. The third-order valence-corrected chi connectivity index (χ3v) is 10.7. The van der Waals surface area contributed by atoms with E-state index in [1.54, 1.807) is 22.7 Å². The van der Waals surface area contributed by atoms with Crippen molar-refractivity contribution in [2.24, 2.45) is 5.84 Å². The minimum atomic E-state index is 0.283. The summed E-state index contributed by atoms with van der Waals surface area (Å²) in [5.74, 6) is 7.73. The molecule has 0 radical (unpaired) electrons. The number of hydrogen-bond donors (Lipinski definition) is 2. The first-order valence-corrected chi connectivity index (χ1v) is 17.0. The number of pyridine rings is 2. The molecule has 5 aromatic rings. The van der Waals surface area contributed by atoms with E-state index >= 15 is 0 Å². The number of anilines is 1. The van der Waals surface area contributed by atoms with Crippen LogP contribution in [0.4, 0.5) is 5.13 Å². The third kappa shape index (κ3) is 6.07. The van der Waals surface area contributed by atoms with Gasteiger partial charge in [0.05, 0.1) is 11.6 Å². The average molecular weight is 635 g/mol. The number of ether oxygens (including phenoxy) is 1. The largest absolute Gasteiger partial charge is 0.492 e. The van der Waals surface area contributed by atoms with Gasteiger partial charge in [0.2, 0.25) is 5.13 Å². The molecule has 0 amide bonds. The number of nitrogens with zero attached hydrogens (tertiary/aromatic N) is 6. The average Bonchev–Trinajstić information content (AvgIpc) is 3.67. The van der Waals surface area contributed by atoms with Crippen molar-refractivity contribution >= 4 is 60.1 Å². The Morgan fingerprint density at radius 2 is 1.86 bits per heavy atom. The van der Waals surface area contributed by atoms with Crippen molar-refractivity contribution in [1.82, 2.24) is 30.2 Å². The topological polar surface area (TPSA) is 105 Å². The fourth-order valence-corrected chi connectivity index (χ4v) is 8.15. The number of aromatic nitrogens is 4. The Hall–Kier alpha value is -2.93. The molecule has 2 aliphatic rings. The first-order valence-electron chi connectivity index (χ1n) is 15.0. The van der Waals surface area contributed by atoms with E-state index in [1.165, 1.54) is 11.1 Å². The molecule has 3 N–H and O–H groups in total. The number of piperidine rings is 2. The van der Waals surface area contributed by atoms with Crippen LogP contribution in [0.25, 0.3) is 31.4 Å². The first kappa shape index (κ1) is 28.8. The van der Waals surface area contributed by atoms with Gasteiger partial charge in [0.25, 0.3) is 0 Å². The Labute approximate surface area is 264 Å². The van der Waals surface area contributed by atoms with E-state index in [0.717, 1.165) is 101 Å². The van der Waals surface area contributed by atoms with Gasteiger partial charge in [0.15, 0.2) is 0 Å². The van der Waals surface area contributed by atoms with Crippen LogP contribution in [0, 0.1) is 0 Å². The van der Waals surface area contributed by atoms with Gasteiger partial charge >= 0.3 is 0 Å². The maximum absolute atomic E-state index is 6.61. The number of thiazole rings is 2. The molecule has 0 aliphatic carbocycles. The highest BCUT2D eigenvalue weighted by Gasteiger charge is 2.28. The number of nitrogens with one attached hydrogen (secondary N) is 1. The second-order valence-electron chi connectivity index (χ2n) is 11.2. The Bertz CT molecular complexity index is 1690. The van der Waals surface area contributed by atoms with Crippen LogP contribution < -0.4 is 20.9 Å². The number of hydrogen-bond acceptors (Lipinski definition) is 11. The lowest BCUT2D eigenvalue weighted by molar-refractivity contribution is 0.204. The number of halogens is 1. The number of likely N-dealkylation sites (tertiary alicyclic amines) is 1. The van der Waals surface area contributed by atoms with Gasteiger partial charge in [0.1, 0.15) is 37.1 Å². The van der Waals surface area contributed by atoms with Gasteiger partial charge < -0.3 is 10.1 Å². The van der Waals surface area contributed by atoms with E-state index in [9.17, 15) is 0 Å². The Kier molecular flexibility index (Phi) is 8.44. The molecule has 2 saturated heterocycles. The highest BCUT2D eigenvalue weighted by Crippen LogP contribution is 2.41. The van der Waals surface area contributed by atoms with Gasteiger partial charge in [-0.3, -0.25) is 9.91 Å². The highest BCUT2D eigenvalue weighted by atomic mass is 35.5. The lowest BCUT2D eigenvalue weighted by Crippen LogP contribution is -2.47. The number of rotatable bonds is 8. The zero-order chi connectivity index (χ0) is 29.3. The SMILES string of the molecule is CCOc1cc(CN2CCC(c3cc4nc(N(N)C5CCNCC5)sc4nc3-c3nc4cccnc4s3)CC2)ccc1Cl. The molecule has 4 aromatic heterocycles. The van der Waals surface area contributed by atoms with E-state index in [1.807, 2.05) is 36.3 Å². The quantitative estimate of drug-likeness (QED) is 0.152. The standard InChI is InChI=1S/C31H35ClN8OS2/c1-2-41-26-16-19(5-6-23(26)32)18-39-14-9-20(10-15-39)22-17-25-29(43-31(37-25)40(33)21-7-12-34-13-8-21)38-27(22)30-36-24-4-3-11-35-28(24)42-30/h3-6,11,16-17,20-21,34H,2,7-10,12-15,18,33H2,1H3. The predicted octanol–water partition coefficient (Wildman–Crippen LogP) is 6.23. The van der Waals surface area contributed by atoms with Crippen molar-refractivity contribution in [2.75, 3.05) is 37.8 Å². The fraction of sp³-hybridized carbons (Fsp3) is 0.419. The van der Waals surface area contributed by atoms with E-state index in [4.69, 9.17) is 37.1 Å². The molecule has 12 heteroatoms. The number of fused-ring (bicyclic) bond motifs is 2. The van der Waals surface area contributed by atoms with Crippen molar-refractivity contribution in [3.63, 3.8) is 0 Å². The summed E-state index contributed by atoms with van der Waals surface area (Å²) < 4.78 is 5.72. The summed E-state index contributed by atoms with van der Waals surface area (Å²) in [5, 5.41) is 7.67. The molecule has 2 aliphatic heterocycles. The molecule has 0 atom stereocenters. The number of nitrogens with two attached hydrogens (primary N) is 1. The van der Waals surface area contributed by atoms with Crippen LogP contribution >= 0.6 is 34.3 Å². The summed E-state index contributed by atoms with van der Waals surface area (Å²) in [6, 6.07) is 12.6. The van der Waals surface area contributed by atoms with E-state index in [-0.39, 0.29) is 6.04 Å². The van der Waals surface area contributed by atoms with Gasteiger partial charge in [0, 0.05) is 18.8 Å². The fourth-order valence-electron chi connectivity index (χ4n) is 6.15. The molecule has 9 nitrogen and oxygen atoms in total. The smallest absolute Gasteiger partial charge is 0.202 e. The predicted molar refractivity (Wildman–Crippen MR) is 176 cm³/mol. The van der Waals surface area contributed by atoms with Crippen LogP contribution in [0.15, 0.2) is 42.6 Å². The molecule has 1 aromatic carbocycles. The Balaban J connectivity index is 1.17. The van der Waals surface area contributed by atoms with E-state index in [0.29, 0.717) is 17.5 Å².